The van der Waals surface area contributed by atoms with Crippen molar-refractivity contribution in [2.45, 2.75) is 18.4 Å². The van der Waals surface area contributed by atoms with Gasteiger partial charge < -0.3 is 14.0 Å². The average molecular weight is 434 g/mol. The van der Waals surface area contributed by atoms with Gasteiger partial charge in [-0.1, -0.05) is 18.2 Å². The second kappa shape index (κ2) is 7.30. The zero-order valence-electron chi connectivity index (χ0n) is 11.8. The summed E-state index contributed by atoms with van der Waals surface area (Å²) in [5.41, 5.74) is 0.623. The Morgan fingerprint density at radius 2 is 1.86 bits per heavy atom. The number of benzene rings is 2. The molecule has 0 spiro atoms. The zero-order valence-corrected chi connectivity index (χ0v) is 14.8. The SMILES string of the molecule is CCOc1cc(CO)cc(I)c1OS(=O)(=O)c1ccccc1. The van der Waals surface area contributed by atoms with Gasteiger partial charge in [-0.05, 0) is 59.3 Å². The third-order valence-corrected chi connectivity index (χ3v) is 4.81. The molecule has 1 N–H and O–H groups in total. The van der Waals surface area contributed by atoms with Crippen LogP contribution in [-0.2, 0) is 16.7 Å². The summed E-state index contributed by atoms with van der Waals surface area (Å²) >= 11 is 1.95. The fourth-order valence-corrected chi connectivity index (χ4v) is 3.70. The number of halogens is 1. The van der Waals surface area contributed by atoms with Gasteiger partial charge in [-0.25, -0.2) is 0 Å². The van der Waals surface area contributed by atoms with Crippen molar-refractivity contribution in [3.63, 3.8) is 0 Å². The number of ether oxygens (including phenoxy) is 1. The lowest BCUT2D eigenvalue weighted by molar-refractivity contribution is 0.279. The van der Waals surface area contributed by atoms with Crippen LogP contribution in [0.3, 0.4) is 0 Å². The zero-order chi connectivity index (χ0) is 16.2. The molecule has 0 aliphatic carbocycles. The molecule has 0 atom stereocenters. The van der Waals surface area contributed by atoms with Gasteiger partial charge >= 0.3 is 10.1 Å². The van der Waals surface area contributed by atoms with Gasteiger partial charge in [0.25, 0.3) is 0 Å². The molecule has 7 heteroatoms. The average Bonchev–Trinajstić information content (AvgIpc) is 2.51. The molecule has 5 nitrogen and oxygen atoms in total. The van der Waals surface area contributed by atoms with Crippen molar-refractivity contribution >= 4 is 32.7 Å². The van der Waals surface area contributed by atoms with Gasteiger partial charge in [0.05, 0.1) is 16.8 Å². The molecule has 118 valence electrons. The van der Waals surface area contributed by atoms with Gasteiger partial charge in [-0.2, -0.15) is 8.42 Å². The van der Waals surface area contributed by atoms with Gasteiger partial charge in [-0.3, -0.25) is 0 Å². The largest absolute Gasteiger partial charge is 0.490 e. The number of aliphatic hydroxyl groups excluding tert-OH is 1. The minimum absolute atomic E-state index is 0.0690. The van der Waals surface area contributed by atoms with E-state index in [-0.39, 0.29) is 23.0 Å². The molecule has 0 aliphatic rings. The summed E-state index contributed by atoms with van der Waals surface area (Å²) in [4.78, 5) is 0.0690. The molecule has 2 aromatic carbocycles. The highest BCUT2D eigenvalue weighted by Gasteiger charge is 2.21. The fourth-order valence-electron chi connectivity index (χ4n) is 1.80. The number of hydrogen-bond donors (Lipinski definition) is 1. The van der Waals surface area contributed by atoms with Crippen LogP contribution in [0.1, 0.15) is 12.5 Å². The summed E-state index contributed by atoms with van der Waals surface area (Å²) < 4.78 is 35.9. The molecule has 0 heterocycles. The molecule has 0 bridgehead atoms. The maximum atomic E-state index is 12.3. The van der Waals surface area contributed by atoms with Crippen LogP contribution in [0.15, 0.2) is 47.4 Å². The molecule has 0 saturated carbocycles. The summed E-state index contributed by atoms with van der Waals surface area (Å²) in [6.45, 7) is 1.97. The van der Waals surface area contributed by atoms with E-state index in [0.29, 0.717) is 15.7 Å². The molecule has 0 unspecified atom stereocenters. The van der Waals surface area contributed by atoms with Crippen LogP contribution < -0.4 is 8.92 Å². The second-order valence-electron chi connectivity index (χ2n) is 4.35. The predicted molar refractivity (Wildman–Crippen MR) is 90.5 cm³/mol. The Hall–Kier alpha value is -1.32. The maximum absolute atomic E-state index is 12.3. The Morgan fingerprint density at radius 1 is 1.18 bits per heavy atom. The molecule has 22 heavy (non-hydrogen) atoms. The van der Waals surface area contributed by atoms with Crippen LogP contribution in [0.4, 0.5) is 0 Å². The summed E-state index contributed by atoms with van der Waals surface area (Å²) in [6.07, 6.45) is 0. The van der Waals surface area contributed by atoms with Crippen molar-refractivity contribution in [2.24, 2.45) is 0 Å². The van der Waals surface area contributed by atoms with Gasteiger partial charge in [0.1, 0.15) is 4.90 Å². The molecule has 0 radical (unpaired) electrons. The molecule has 2 rings (SSSR count). The Labute approximate surface area is 143 Å². The number of hydrogen-bond acceptors (Lipinski definition) is 5. The first kappa shape index (κ1) is 17.0. The molecular weight excluding hydrogens is 419 g/mol. The third-order valence-electron chi connectivity index (χ3n) is 2.78. The molecule has 2 aromatic rings. The standard InChI is InChI=1S/C15H15IO5S/c1-2-20-14-9-11(10-17)8-13(16)15(14)21-22(18,19)12-6-4-3-5-7-12/h3-9,17H,2,10H2,1H3. The van der Waals surface area contributed by atoms with Crippen molar-refractivity contribution in [3.8, 4) is 11.5 Å². The van der Waals surface area contributed by atoms with E-state index in [4.69, 9.17) is 8.92 Å². The molecular formula is C15H15IO5S. The summed E-state index contributed by atoms with van der Waals surface area (Å²) in [5, 5.41) is 9.24. The topological polar surface area (TPSA) is 72.8 Å². The Kier molecular flexibility index (Phi) is 5.65. The van der Waals surface area contributed by atoms with Crippen molar-refractivity contribution in [1.29, 1.82) is 0 Å². The maximum Gasteiger partial charge on any atom is 0.339 e. The Morgan fingerprint density at radius 3 is 2.45 bits per heavy atom. The van der Waals surface area contributed by atoms with Crippen molar-refractivity contribution in [3.05, 3.63) is 51.6 Å². The normalized spacial score (nSPS) is 11.2. The van der Waals surface area contributed by atoms with E-state index in [0.717, 1.165) is 0 Å². The second-order valence-corrected chi connectivity index (χ2v) is 7.06. The monoisotopic (exact) mass is 434 g/mol. The van der Waals surface area contributed by atoms with Crippen LogP contribution in [-0.4, -0.2) is 20.1 Å². The highest BCUT2D eigenvalue weighted by molar-refractivity contribution is 14.1. The Bertz CT molecular complexity index is 744. The predicted octanol–water partition coefficient (Wildman–Crippen LogP) is 2.95. The number of aliphatic hydroxyl groups is 1. The Balaban J connectivity index is 2.44. The molecule has 0 aliphatic heterocycles. The molecule has 0 fully saturated rings. The van der Waals surface area contributed by atoms with E-state index in [9.17, 15) is 13.5 Å². The minimum atomic E-state index is -3.94. The van der Waals surface area contributed by atoms with Crippen molar-refractivity contribution in [2.75, 3.05) is 6.61 Å². The van der Waals surface area contributed by atoms with E-state index in [1.807, 2.05) is 22.6 Å². The quantitative estimate of drug-likeness (QED) is 0.559. The first-order valence-corrected chi connectivity index (χ1v) is 9.02. The molecule has 0 aromatic heterocycles. The van der Waals surface area contributed by atoms with Crippen molar-refractivity contribution in [1.82, 2.24) is 0 Å². The first-order chi connectivity index (χ1) is 10.5. The lowest BCUT2D eigenvalue weighted by Gasteiger charge is -2.14. The fraction of sp³-hybridized carbons (Fsp3) is 0.200. The van der Waals surface area contributed by atoms with E-state index in [1.165, 1.54) is 12.1 Å². The lowest BCUT2D eigenvalue weighted by Crippen LogP contribution is -2.12. The summed E-state index contributed by atoms with van der Waals surface area (Å²) in [5.74, 6) is 0.418. The summed E-state index contributed by atoms with van der Waals surface area (Å²) in [7, 11) is -3.94. The summed E-state index contributed by atoms with van der Waals surface area (Å²) in [6, 6.07) is 11.1. The van der Waals surface area contributed by atoms with Crippen LogP contribution in [0, 0.1) is 3.57 Å². The molecule has 0 amide bonds. The van der Waals surface area contributed by atoms with Crippen LogP contribution in [0.25, 0.3) is 0 Å². The molecule has 0 saturated heterocycles. The van der Waals surface area contributed by atoms with Crippen LogP contribution >= 0.6 is 22.6 Å². The lowest BCUT2D eigenvalue weighted by atomic mass is 10.2. The van der Waals surface area contributed by atoms with Crippen LogP contribution in [0.5, 0.6) is 11.5 Å². The van der Waals surface area contributed by atoms with E-state index < -0.39 is 10.1 Å². The van der Waals surface area contributed by atoms with Crippen molar-refractivity contribution < 1.29 is 22.4 Å². The van der Waals surface area contributed by atoms with E-state index in [2.05, 4.69) is 0 Å². The minimum Gasteiger partial charge on any atom is -0.490 e. The third kappa shape index (κ3) is 3.90. The highest BCUT2D eigenvalue weighted by atomic mass is 127. The van der Waals surface area contributed by atoms with Gasteiger partial charge in [0.2, 0.25) is 0 Å². The van der Waals surface area contributed by atoms with Gasteiger partial charge in [0, 0.05) is 0 Å². The highest BCUT2D eigenvalue weighted by Crippen LogP contribution is 2.36. The smallest absolute Gasteiger partial charge is 0.339 e. The van der Waals surface area contributed by atoms with Crippen LogP contribution in [0.2, 0.25) is 0 Å². The van der Waals surface area contributed by atoms with Gasteiger partial charge in [0.15, 0.2) is 11.5 Å². The first-order valence-electron chi connectivity index (χ1n) is 6.53. The van der Waals surface area contributed by atoms with E-state index in [1.54, 1.807) is 37.3 Å². The van der Waals surface area contributed by atoms with E-state index >= 15 is 0 Å². The number of rotatable bonds is 6. The van der Waals surface area contributed by atoms with Gasteiger partial charge in [-0.15, -0.1) is 0 Å².